The molecular formula is C11H11N2. The molecule has 0 aliphatic carbocycles. The molecule has 0 atom stereocenters. The summed E-state index contributed by atoms with van der Waals surface area (Å²) in [5, 5.41) is 0. The third-order valence-electron chi connectivity index (χ3n) is 1.91. The van der Waals surface area contributed by atoms with E-state index in [1.54, 1.807) is 6.20 Å². The van der Waals surface area contributed by atoms with Crippen LogP contribution in [0.25, 0.3) is 11.4 Å². The van der Waals surface area contributed by atoms with Crippen LogP contribution in [0.2, 0.25) is 0 Å². The Morgan fingerprint density at radius 1 is 1.23 bits per heavy atom. The largest absolute Gasteiger partial charge is 0.345 e. The van der Waals surface area contributed by atoms with E-state index in [-0.39, 0.29) is 0 Å². The highest BCUT2D eigenvalue weighted by Crippen LogP contribution is 2.17. The smallest absolute Gasteiger partial charge is 0.137 e. The van der Waals surface area contributed by atoms with Crippen LogP contribution in [0.3, 0.4) is 0 Å². The molecule has 13 heavy (non-hydrogen) atoms. The molecule has 1 aromatic heterocycles. The molecule has 2 heteroatoms. The second-order valence-electron chi connectivity index (χ2n) is 3.17. The van der Waals surface area contributed by atoms with Gasteiger partial charge in [0, 0.05) is 18.0 Å². The molecule has 1 heterocycles. The Bertz CT molecular complexity index is 382. The van der Waals surface area contributed by atoms with Crippen molar-refractivity contribution < 1.29 is 0 Å². The second-order valence-corrected chi connectivity index (χ2v) is 3.17. The monoisotopic (exact) mass is 171 g/mol. The molecule has 0 saturated heterocycles. The first-order chi connectivity index (χ1) is 6.25. The van der Waals surface area contributed by atoms with Crippen molar-refractivity contribution >= 4 is 0 Å². The molecule has 0 aliphatic heterocycles. The number of rotatable bonds is 1. The number of aryl methyl sites for hydroxylation is 2. The highest BCUT2D eigenvalue weighted by molar-refractivity contribution is 5.57. The van der Waals surface area contributed by atoms with E-state index in [2.05, 4.69) is 28.2 Å². The van der Waals surface area contributed by atoms with Gasteiger partial charge in [-0.2, -0.15) is 0 Å². The molecule has 1 aromatic carbocycles. The predicted molar refractivity (Wildman–Crippen MR) is 52.3 cm³/mol. The van der Waals surface area contributed by atoms with Gasteiger partial charge < -0.3 is 4.98 Å². The van der Waals surface area contributed by atoms with Crippen LogP contribution >= 0.6 is 0 Å². The third-order valence-corrected chi connectivity index (χ3v) is 1.91. The summed E-state index contributed by atoms with van der Waals surface area (Å²) >= 11 is 0. The summed E-state index contributed by atoms with van der Waals surface area (Å²) in [6, 6.07) is 7.38. The van der Waals surface area contributed by atoms with E-state index in [1.165, 1.54) is 0 Å². The summed E-state index contributed by atoms with van der Waals surface area (Å²) in [6.45, 7) is 4.08. The number of nitrogens with one attached hydrogen (secondary N) is 1. The van der Waals surface area contributed by atoms with Crippen molar-refractivity contribution in [2.24, 2.45) is 0 Å². The number of hydrogen-bond acceptors (Lipinski definition) is 1. The number of H-pyrrole nitrogens is 1. The second kappa shape index (κ2) is 3.05. The van der Waals surface area contributed by atoms with Crippen molar-refractivity contribution in [3.8, 4) is 11.4 Å². The van der Waals surface area contributed by atoms with Crippen LogP contribution < -0.4 is 0 Å². The van der Waals surface area contributed by atoms with Crippen molar-refractivity contribution in [2.75, 3.05) is 0 Å². The minimum Gasteiger partial charge on any atom is -0.345 e. The highest BCUT2D eigenvalue weighted by atomic mass is 14.9. The normalized spacial score (nSPS) is 10.3. The van der Waals surface area contributed by atoms with Crippen LogP contribution in [-0.2, 0) is 0 Å². The predicted octanol–water partition coefficient (Wildman–Crippen LogP) is 2.49. The maximum absolute atomic E-state index is 4.20. The maximum atomic E-state index is 4.20. The van der Waals surface area contributed by atoms with E-state index in [1.807, 2.05) is 20.0 Å². The minimum absolute atomic E-state index is 0.917. The number of aromatic amines is 1. The molecule has 2 rings (SSSR count). The molecule has 1 N–H and O–H groups in total. The number of nitrogens with zero attached hydrogens (tertiary/aromatic N) is 1. The lowest BCUT2D eigenvalue weighted by Crippen LogP contribution is -1.84. The molecule has 0 unspecified atom stereocenters. The molecule has 0 aliphatic rings. The first-order valence-electron chi connectivity index (χ1n) is 4.26. The van der Waals surface area contributed by atoms with Crippen molar-refractivity contribution in [1.82, 2.24) is 9.97 Å². The van der Waals surface area contributed by atoms with Gasteiger partial charge in [-0.25, -0.2) is 4.98 Å². The first kappa shape index (κ1) is 8.05. The fraction of sp³-hybridized carbons (Fsp3) is 0.182. The van der Waals surface area contributed by atoms with Crippen LogP contribution in [0.5, 0.6) is 0 Å². The van der Waals surface area contributed by atoms with Gasteiger partial charge in [-0.05, 0) is 43.2 Å². The first-order valence-corrected chi connectivity index (χ1v) is 4.26. The van der Waals surface area contributed by atoms with Gasteiger partial charge in [-0.1, -0.05) is 0 Å². The van der Waals surface area contributed by atoms with Gasteiger partial charge in [0.05, 0.1) is 0 Å². The Morgan fingerprint density at radius 3 is 2.46 bits per heavy atom. The van der Waals surface area contributed by atoms with Crippen LogP contribution in [0, 0.1) is 19.9 Å². The molecule has 1 radical (unpaired) electrons. The lowest BCUT2D eigenvalue weighted by atomic mass is 10.1. The Kier molecular flexibility index (Phi) is 1.89. The fourth-order valence-electron chi connectivity index (χ4n) is 1.45. The summed E-state index contributed by atoms with van der Waals surface area (Å²) in [5.41, 5.74) is 3.41. The van der Waals surface area contributed by atoms with Crippen LogP contribution in [0.15, 0.2) is 24.5 Å². The third kappa shape index (κ3) is 1.61. The Morgan fingerprint density at radius 2 is 1.92 bits per heavy atom. The summed E-state index contributed by atoms with van der Waals surface area (Å²) in [7, 11) is 0. The van der Waals surface area contributed by atoms with Gasteiger partial charge in [0.25, 0.3) is 0 Å². The van der Waals surface area contributed by atoms with Crippen molar-refractivity contribution in [3.05, 3.63) is 41.7 Å². The average molecular weight is 171 g/mol. The lowest BCUT2D eigenvalue weighted by molar-refractivity contribution is 1.28. The van der Waals surface area contributed by atoms with Gasteiger partial charge in [0.2, 0.25) is 0 Å². The lowest BCUT2D eigenvalue weighted by Gasteiger charge is -2.00. The molecule has 0 saturated carbocycles. The van der Waals surface area contributed by atoms with E-state index in [0.717, 1.165) is 22.5 Å². The zero-order valence-electron chi connectivity index (χ0n) is 7.76. The summed E-state index contributed by atoms with van der Waals surface area (Å²) in [6.07, 6.45) is 3.59. The molecule has 2 aromatic rings. The Balaban J connectivity index is 2.53. The average Bonchev–Trinajstić information content (AvgIpc) is 2.53. The zero-order valence-corrected chi connectivity index (χ0v) is 7.76. The minimum atomic E-state index is 0.917. The van der Waals surface area contributed by atoms with E-state index in [4.69, 9.17) is 0 Å². The van der Waals surface area contributed by atoms with Crippen molar-refractivity contribution in [3.63, 3.8) is 0 Å². The topological polar surface area (TPSA) is 28.7 Å². The zero-order chi connectivity index (χ0) is 9.26. The van der Waals surface area contributed by atoms with E-state index < -0.39 is 0 Å². The molecule has 0 fully saturated rings. The maximum Gasteiger partial charge on any atom is 0.137 e. The molecule has 0 amide bonds. The van der Waals surface area contributed by atoms with Crippen molar-refractivity contribution in [1.29, 1.82) is 0 Å². The SMILES string of the molecule is Cc1[c]c(C)cc(-c2ncc[nH]2)c1. The van der Waals surface area contributed by atoms with E-state index in [9.17, 15) is 0 Å². The summed E-state index contributed by atoms with van der Waals surface area (Å²) in [5.74, 6) is 0.917. The van der Waals surface area contributed by atoms with Crippen molar-refractivity contribution in [2.45, 2.75) is 13.8 Å². The Labute approximate surface area is 77.6 Å². The van der Waals surface area contributed by atoms with Gasteiger partial charge in [-0.3, -0.25) is 0 Å². The summed E-state index contributed by atoms with van der Waals surface area (Å²) in [4.78, 5) is 7.28. The molecule has 2 nitrogen and oxygen atoms in total. The Hall–Kier alpha value is -1.57. The van der Waals surface area contributed by atoms with Gasteiger partial charge >= 0.3 is 0 Å². The molecule has 0 spiro atoms. The molecule has 0 bridgehead atoms. The summed E-state index contributed by atoms with van der Waals surface area (Å²) < 4.78 is 0. The van der Waals surface area contributed by atoms with Gasteiger partial charge in [0.1, 0.15) is 5.82 Å². The van der Waals surface area contributed by atoms with Crippen LogP contribution in [0.1, 0.15) is 11.1 Å². The highest BCUT2D eigenvalue weighted by Gasteiger charge is 2.00. The quantitative estimate of drug-likeness (QED) is 0.701. The van der Waals surface area contributed by atoms with E-state index >= 15 is 0 Å². The van der Waals surface area contributed by atoms with Gasteiger partial charge in [0.15, 0.2) is 0 Å². The standard InChI is InChI=1S/C11H11N2/c1-8-5-9(2)7-10(6-8)11-12-3-4-13-11/h3-4,6-7H,1-2H3,(H,12,13). The molecular weight excluding hydrogens is 160 g/mol. The van der Waals surface area contributed by atoms with E-state index in [0.29, 0.717) is 0 Å². The molecule has 65 valence electrons. The number of hydrogen-bond donors (Lipinski definition) is 1. The van der Waals surface area contributed by atoms with Crippen LogP contribution in [-0.4, -0.2) is 9.97 Å². The van der Waals surface area contributed by atoms with Gasteiger partial charge in [-0.15, -0.1) is 0 Å². The fourth-order valence-corrected chi connectivity index (χ4v) is 1.45. The number of benzene rings is 1. The number of imidazole rings is 1. The number of aromatic nitrogens is 2. The van der Waals surface area contributed by atoms with Crippen LogP contribution in [0.4, 0.5) is 0 Å².